The highest BCUT2D eigenvalue weighted by Gasteiger charge is 2.37. The van der Waals surface area contributed by atoms with Crippen molar-refractivity contribution in [3.63, 3.8) is 0 Å². The molecule has 0 aromatic heterocycles. The zero-order chi connectivity index (χ0) is 14.3. The Bertz CT molecular complexity index is 252. The summed E-state index contributed by atoms with van der Waals surface area (Å²) in [6, 6.07) is 0. The minimum atomic E-state index is -0.160. The van der Waals surface area contributed by atoms with Crippen molar-refractivity contribution in [2.45, 2.75) is 78.2 Å². The summed E-state index contributed by atoms with van der Waals surface area (Å²) in [5.41, 5.74) is 0. The van der Waals surface area contributed by atoms with Crippen LogP contribution in [0, 0.1) is 17.8 Å². The van der Waals surface area contributed by atoms with E-state index in [9.17, 15) is 4.79 Å². The molecule has 0 heterocycles. The van der Waals surface area contributed by atoms with Crippen LogP contribution in [-0.4, -0.2) is 19.0 Å². The van der Waals surface area contributed by atoms with Gasteiger partial charge in [0.2, 0.25) is 0 Å². The number of ketones is 1. The lowest BCUT2D eigenvalue weighted by Crippen LogP contribution is -2.41. The second-order valence-electron chi connectivity index (χ2n) is 6.40. The summed E-state index contributed by atoms with van der Waals surface area (Å²) in [4.78, 5) is 12.4. The van der Waals surface area contributed by atoms with E-state index in [4.69, 9.17) is 4.74 Å². The smallest absolute Gasteiger partial charge is 0.161 e. The van der Waals surface area contributed by atoms with Crippen LogP contribution in [0.1, 0.15) is 72.1 Å². The lowest BCUT2D eigenvalue weighted by Gasteiger charge is -2.38. The SMILES string of the molecule is CCCCCCC(=O)C(OC)C1C(C)CCCC1C. The number of methoxy groups -OCH3 is 1. The molecule has 1 aliphatic carbocycles. The molecular weight excluding hydrogens is 236 g/mol. The Labute approximate surface area is 119 Å². The summed E-state index contributed by atoms with van der Waals surface area (Å²) in [6.07, 6.45) is 9.01. The zero-order valence-corrected chi connectivity index (χ0v) is 13.3. The number of carbonyl (C=O) groups excluding carboxylic acids is 1. The van der Waals surface area contributed by atoms with Gasteiger partial charge in [0.05, 0.1) is 0 Å². The Balaban J connectivity index is 2.52. The second-order valence-corrected chi connectivity index (χ2v) is 6.40. The van der Waals surface area contributed by atoms with E-state index in [1.165, 1.54) is 38.5 Å². The van der Waals surface area contributed by atoms with Gasteiger partial charge in [0.15, 0.2) is 5.78 Å². The van der Waals surface area contributed by atoms with Gasteiger partial charge in [0.1, 0.15) is 6.10 Å². The third kappa shape index (κ3) is 4.91. The second kappa shape index (κ2) is 8.73. The molecule has 1 fully saturated rings. The number of hydrogen-bond donors (Lipinski definition) is 0. The van der Waals surface area contributed by atoms with Crippen LogP contribution in [-0.2, 0) is 9.53 Å². The normalized spacial score (nSPS) is 29.2. The van der Waals surface area contributed by atoms with Gasteiger partial charge in [-0.25, -0.2) is 0 Å². The molecule has 2 nitrogen and oxygen atoms in total. The summed E-state index contributed by atoms with van der Waals surface area (Å²) in [5, 5.41) is 0. The Kier molecular flexibility index (Phi) is 7.67. The lowest BCUT2D eigenvalue weighted by molar-refractivity contribution is -0.136. The predicted molar refractivity (Wildman–Crippen MR) is 80.2 cm³/mol. The van der Waals surface area contributed by atoms with Gasteiger partial charge in [0, 0.05) is 13.5 Å². The molecule has 1 aliphatic rings. The first kappa shape index (κ1) is 16.7. The van der Waals surface area contributed by atoms with Gasteiger partial charge >= 0.3 is 0 Å². The Hall–Kier alpha value is -0.370. The number of ether oxygens (including phenoxy) is 1. The van der Waals surface area contributed by atoms with Crippen molar-refractivity contribution in [3.05, 3.63) is 0 Å². The first-order valence-corrected chi connectivity index (χ1v) is 8.17. The fraction of sp³-hybridized carbons (Fsp3) is 0.941. The maximum Gasteiger partial charge on any atom is 0.161 e. The number of hydrogen-bond acceptors (Lipinski definition) is 2. The van der Waals surface area contributed by atoms with Gasteiger partial charge < -0.3 is 4.74 Å². The molecule has 2 heteroatoms. The summed E-state index contributed by atoms with van der Waals surface area (Å²) in [6.45, 7) is 6.78. The standard InChI is InChI=1S/C17H32O2/c1-5-6-7-8-12-15(18)17(19-4)16-13(2)10-9-11-14(16)3/h13-14,16-17H,5-12H2,1-4H3. The van der Waals surface area contributed by atoms with Crippen LogP contribution in [0.4, 0.5) is 0 Å². The van der Waals surface area contributed by atoms with E-state index in [-0.39, 0.29) is 6.10 Å². The van der Waals surface area contributed by atoms with Gasteiger partial charge in [-0.1, -0.05) is 59.3 Å². The van der Waals surface area contributed by atoms with E-state index < -0.39 is 0 Å². The Morgan fingerprint density at radius 2 is 1.79 bits per heavy atom. The molecular formula is C17H32O2. The van der Waals surface area contributed by atoms with E-state index in [0.29, 0.717) is 30.0 Å². The summed E-state index contributed by atoms with van der Waals surface area (Å²) in [5.74, 6) is 2.00. The van der Waals surface area contributed by atoms with E-state index in [1.54, 1.807) is 7.11 Å². The Morgan fingerprint density at radius 1 is 1.16 bits per heavy atom. The highest BCUT2D eigenvalue weighted by Crippen LogP contribution is 2.38. The largest absolute Gasteiger partial charge is 0.373 e. The van der Waals surface area contributed by atoms with Crippen LogP contribution < -0.4 is 0 Å². The Morgan fingerprint density at radius 3 is 2.32 bits per heavy atom. The molecule has 0 aliphatic heterocycles. The highest BCUT2D eigenvalue weighted by molar-refractivity contribution is 5.83. The third-order valence-electron chi connectivity index (χ3n) is 4.83. The monoisotopic (exact) mass is 268 g/mol. The first-order chi connectivity index (χ1) is 9.11. The lowest BCUT2D eigenvalue weighted by atomic mass is 9.70. The molecule has 0 aromatic carbocycles. The maximum absolute atomic E-state index is 12.4. The molecule has 0 N–H and O–H groups in total. The zero-order valence-electron chi connectivity index (χ0n) is 13.3. The summed E-state index contributed by atoms with van der Waals surface area (Å²) >= 11 is 0. The number of Topliss-reactive ketones (excluding diaryl/α,β-unsaturated/α-hetero) is 1. The molecule has 112 valence electrons. The maximum atomic E-state index is 12.4. The van der Waals surface area contributed by atoms with Gasteiger partial charge in [-0.05, 0) is 24.2 Å². The van der Waals surface area contributed by atoms with Gasteiger partial charge in [-0.2, -0.15) is 0 Å². The van der Waals surface area contributed by atoms with E-state index >= 15 is 0 Å². The summed E-state index contributed by atoms with van der Waals surface area (Å²) in [7, 11) is 1.71. The van der Waals surface area contributed by atoms with Crippen LogP contribution in [0.3, 0.4) is 0 Å². The van der Waals surface area contributed by atoms with Crippen LogP contribution in [0.2, 0.25) is 0 Å². The van der Waals surface area contributed by atoms with Gasteiger partial charge in [-0.3, -0.25) is 4.79 Å². The molecule has 0 bridgehead atoms. The molecule has 1 rings (SSSR count). The molecule has 0 aromatic rings. The van der Waals surface area contributed by atoms with E-state index in [0.717, 1.165) is 6.42 Å². The average Bonchev–Trinajstić information content (AvgIpc) is 2.39. The van der Waals surface area contributed by atoms with E-state index in [1.807, 2.05) is 0 Å². The molecule has 0 amide bonds. The van der Waals surface area contributed by atoms with Crippen molar-refractivity contribution in [3.8, 4) is 0 Å². The van der Waals surface area contributed by atoms with Crippen LogP contribution in [0.25, 0.3) is 0 Å². The minimum absolute atomic E-state index is 0.160. The minimum Gasteiger partial charge on any atom is -0.373 e. The predicted octanol–water partition coefficient (Wildman–Crippen LogP) is 4.61. The molecule has 0 spiro atoms. The fourth-order valence-corrected chi connectivity index (χ4v) is 3.68. The number of carbonyl (C=O) groups is 1. The van der Waals surface area contributed by atoms with E-state index in [2.05, 4.69) is 20.8 Å². The number of unbranched alkanes of at least 4 members (excludes halogenated alkanes) is 3. The summed E-state index contributed by atoms with van der Waals surface area (Å²) < 4.78 is 5.60. The van der Waals surface area contributed by atoms with Crippen molar-refractivity contribution in [1.29, 1.82) is 0 Å². The molecule has 0 radical (unpaired) electrons. The third-order valence-corrected chi connectivity index (χ3v) is 4.83. The van der Waals surface area contributed by atoms with Crippen LogP contribution in [0.5, 0.6) is 0 Å². The molecule has 1 saturated carbocycles. The first-order valence-electron chi connectivity index (χ1n) is 8.17. The van der Waals surface area contributed by atoms with Crippen LogP contribution in [0.15, 0.2) is 0 Å². The number of rotatable bonds is 8. The molecule has 3 unspecified atom stereocenters. The van der Waals surface area contributed by atoms with Gasteiger partial charge in [0.25, 0.3) is 0 Å². The quantitative estimate of drug-likeness (QED) is 0.601. The van der Waals surface area contributed by atoms with Crippen molar-refractivity contribution in [2.75, 3.05) is 7.11 Å². The van der Waals surface area contributed by atoms with Crippen molar-refractivity contribution < 1.29 is 9.53 Å². The molecule has 0 saturated heterocycles. The van der Waals surface area contributed by atoms with Crippen molar-refractivity contribution in [1.82, 2.24) is 0 Å². The van der Waals surface area contributed by atoms with Crippen LogP contribution >= 0.6 is 0 Å². The average molecular weight is 268 g/mol. The van der Waals surface area contributed by atoms with Crippen molar-refractivity contribution in [2.24, 2.45) is 17.8 Å². The fourth-order valence-electron chi connectivity index (χ4n) is 3.68. The van der Waals surface area contributed by atoms with Crippen molar-refractivity contribution >= 4 is 5.78 Å². The molecule has 3 atom stereocenters. The highest BCUT2D eigenvalue weighted by atomic mass is 16.5. The van der Waals surface area contributed by atoms with Gasteiger partial charge in [-0.15, -0.1) is 0 Å². The molecule has 19 heavy (non-hydrogen) atoms. The topological polar surface area (TPSA) is 26.3 Å².